The van der Waals surface area contributed by atoms with Gasteiger partial charge in [0.1, 0.15) is 16.4 Å². The van der Waals surface area contributed by atoms with Gasteiger partial charge in [-0.2, -0.15) is 0 Å². The Balaban J connectivity index is 1.94. The normalized spacial score (nSPS) is 14.1. The zero-order valence-corrected chi connectivity index (χ0v) is 16.1. The Labute approximate surface area is 160 Å². The van der Waals surface area contributed by atoms with Crippen molar-refractivity contribution in [3.63, 3.8) is 0 Å². The first-order valence-electron chi connectivity index (χ1n) is 7.50. The van der Waals surface area contributed by atoms with Gasteiger partial charge in [-0.3, -0.25) is 0 Å². The van der Waals surface area contributed by atoms with Crippen molar-refractivity contribution >= 4 is 33.0 Å². The largest absolute Gasteiger partial charge is 0.495 e. The summed E-state index contributed by atoms with van der Waals surface area (Å²) in [5.74, 6) is 0.389. The summed E-state index contributed by atoms with van der Waals surface area (Å²) in [6, 6.07) is 11.0. The number of hydrogen-bond donors (Lipinski definition) is 2. The van der Waals surface area contributed by atoms with Gasteiger partial charge in [0, 0.05) is 9.90 Å². The third kappa shape index (κ3) is 3.65. The quantitative estimate of drug-likeness (QED) is 0.620. The lowest BCUT2D eigenvalue weighted by atomic mass is 9.99. The summed E-state index contributed by atoms with van der Waals surface area (Å²) in [6.45, 7) is -0.320. The number of hydrogen-bond acceptors (Lipinski definition) is 6. The Morgan fingerprint density at radius 2 is 2.12 bits per heavy atom. The SMILES string of the molecule is COc1ccc(Cl)cc1S(=O)(=O)NCC(O)(c1ccco1)c1cccs1. The molecule has 0 aliphatic carbocycles. The molecule has 2 N–H and O–H groups in total. The molecule has 0 radical (unpaired) electrons. The van der Waals surface area contributed by atoms with Crippen LogP contribution in [-0.2, 0) is 15.6 Å². The molecule has 26 heavy (non-hydrogen) atoms. The highest BCUT2D eigenvalue weighted by atomic mass is 35.5. The predicted octanol–water partition coefficient (Wildman–Crippen LogP) is 3.22. The van der Waals surface area contributed by atoms with Crippen molar-refractivity contribution in [3.8, 4) is 5.75 Å². The molecule has 0 aliphatic rings. The van der Waals surface area contributed by atoms with Crippen molar-refractivity contribution in [2.24, 2.45) is 0 Å². The number of thiophene rings is 1. The molecule has 0 spiro atoms. The number of halogens is 1. The highest BCUT2D eigenvalue weighted by Crippen LogP contribution is 2.34. The van der Waals surface area contributed by atoms with Gasteiger partial charge in [-0.15, -0.1) is 11.3 Å². The maximum Gasteiger partial charge on any atom is 0.244 e. The van der Waals surface area contributed by atoms with E-state index < -0.39 is 15.6 Å². The average molecular weight is 414 g/mol. The van der Waals surface area contributed by atoms with Gasteiger partial charge >= 0.3 is 0 Å². The predicted molar refractivity (Wildman–Crippen MR) is 99.2 cm³/mol. The Hall–Kier alpha value is -1.84. The number of benzene rings is 1. The van der Waals surface area contributed by atoms with E-state index in [0.717, 1.165) is 0 Å². The first-order chi connectivity index (χ1) is 12.4. The molecule has 1 unspecified atom stereocenters. The topological polar surface area (TPSA) is 88.8 Å². The molecule has 0 saturated carbocycles. The van der Waals surface area contributed by atoms with Crippen LogP contribution in [0.15, 0.2) is 63.4 Å². The number of sulfonamides is 1. The van der Waals surface area contributed by atoms with Crippen LogP contribution in [0, 0.1) is 0 Å². The molecule has 9 heteroatoms. The van der Waals surface area contributed by atoms with Crippen LogP contribution in [-0.4, -0.2) is 27.2 Å². The number of rotatable bonds is 7. The number of aliphatic hydroxyl groups is 1. The van der Waals surface area contributed by atoms with Crippen LogP contribution >= 0.6 is 22.9 Å². The molecule has 0 bridgehead atoms. The van der Waals surface area contributed by atoms with Gasteiger partial charge in [-0.1, -0.05) is 17.7 Å². The van der Waals surface area contributed by atoms with Crippen molar-refractivity contribution < 1.29 is 22.7 Å². The van der Waals surface area contributed by atoms with Crippen molar-refractivity contribution in [2.45, 2.75) is 10.5 Å². The molecular weight excluding hydrogens is 398 g/mol. The second-order valence-corrected chi connectivity index (χ2v) is 8.55. The zero-order valence-electron chi connectivity index (χ0n) is 13.7. The Bertz CT molecular complexity index is 935. The van der Waals surface area contributed by atoms with Gasteiger partial charge in [0.25, 0.3) is 0 Å². The monoisotopic (exact) mass is 413 g/mol. The lowest BCUT2D eigenvalue weighted by molar-refractivity contribution is 0.0655. The molecular formula is C17H16ClNO5S2. The van der Waals surface area contributed by atoms with Gasteiger partial charge in [-0.05, 0) is 41.8 Å². The Kier molecular flexibility index (Phi) is 5.40. The second-order valence-electron chi connectivity index (χ2n) is 5.43. The van der Waals surface area contributed by atoms with Crippen LogP contribution in [0.25, 0.3) is 0 Å². The first-order valence-corrected chi connectivity index (χ1v) is 10.2. The average Bonchev–Trinajstić information content (AvgIpc) is 3.33. The summed E-state index contributed by atoms with van der Waals surface area (Å²) >= 11 is 7.22. The van der Waals surface area contributed by atoms with E-state index in [1.807, 2.05) is 0 Å². The summed E-state index contributed by atoms with van der Waals surface area (Å²) in [6.07, 6.45) is 1.42. The van der Waals surface area contributed by atoms with E-state index in [9.17, 15) is 13.5 Å². The summed E-state index contributed by atoms with van der Waals surface area (Å²) < 4.78 is 38.4. The standard InChI is InChI=1S/C17H16ClNO5S2/c1-23-13-7-6-12(18)10-14(13)26(21,22)19-11-17(20,15-4-2-8-24-15)16-5-3-9-25-16/h2-10,19-20H,11H2,1H3. The molecule has 1 atom stereocenters. The molecule has 0 saturated heterocycles. The van der Waals surface area contributed by atoms with Gasteiger partial charge in [0.2, 0.25) is 10.0 Å². The van der Waals surface area contributed by atoms with E-state index in [4.69, 9.17) is 20.8 Å². The van der Waals surface area contributed by atoms with Gasteiger partial charge in [-0.25, -0.2) is 13.1 Å². The van der Waals surface area contributed by atoms with Crippen LogP contribution in [0.1, 0.15) is 10.6 Å². The van der Waals surface area contributed by atoms with E-state index >= 15 is 0 Å². The zero-order chi connectivity index (χ0) is 18.8. The lowest BCUT2D eigenvalue weighted by Gasteiger charge is -2.25. The van der Waals surface area contributed by atoms with E-state index in [2.05, 4.69) is 4.72 Å². The minimum Gasteiger partial charge on any atom is -0.495 e. The molecule has 0 fully saturated rings. The Morgan fingerprint density at radius 3 is 2.73 bits per heavy atom. The van der Waals surface area contributed by atoms with Gasteiger partial charge in [0.15, 0.2) is 5.60 Å². The smallest absolute Gasteiger partial charge is 0.244 e. The maximum absolute atomic E-state index is 12.8. The number of furan rings is 1. The van der Waals surface area contributed by atoms with Crippen molar-refractivity contribution in [1.82, 2.24) is 4.72 Å². The Morgan fingerprint density at radius 1 is 1.31 bits per heavy atom. The van der Waals surface area contributed by atoms with Crippen LogP contribution in [0.3, 0.4) is 0 Å². The van der Waals surface area contributed by atoms with Crippen molar-refractivity contribution in [3.05, 3.63) is 69.8 Å². The molecule has 3 aromatic rings. The third-order valence-electron chi connectivity index (χ3n) is 3.79. The molecule has 2 heterocycles. The van der Waals surface area contributed by atoms with Crippen LogP contribution in [0.2, 0.25) is 5.02 Å². The first kappa shape index (κ1) is 18.9. The van der Waals surface area contributed by atoms with Gasteiger partial charge < -0.3 is 14.3 Å². The van der Waals surface area contributed by atoms with E-state index in [1.165, 1.54) is 42.9 Å². The van der Waals surface area contributed by atoms with E-state index in [-0.39, 0.29) is 28.0 Å². The van der Waals surface area contributed by atoms with Crippen molar-refractivity contribution in [2.75, 3.05) is 13.7 Å². The lowest BCUT2D eigenvalue weighted by Crippen LogP contribution is -2.41. The third-order valence-corrected chi connectivity index (χ3v) is 6.47. The van der Waals surface area contributed by atoms with E-state index in [0.29, 0.717) is 4.88 Å². The maximum atomic E-state index is 12.8. The minimum absolute atomic E-state index is 0.111. The summed E-state index contributed by atoms with van der Waals surface area (Å²) in [5.41, 5.74) is -1.64. The summed E-state index contributed by atoms with van der Waals surface area (Å²) in [4.78, 5) is 0.439. The van der Waals surface area contributed by atoms with Crippen LogP contribution in [0.4, 0.5) is 0 Å². The molecule has 0 aliphatic heterocycles. The fraction of sp³-hybridized carbons (Fsp3) is 0.176. The highest BCUT2D eigenvalue weighted by molar-refractivity contribution is 7.89. The molecule has 1 aromatic carbocycles. The van der Waals surface area contributed by atoms with Crippen LogP contribution < -0.4 is 9.46 Å². The molecule has 2 aromatic heterocycles. The van der Waals surface area contributed by atoms with Gasteiger partial charge in [0.05, 0.1) is 19.9 Å². The summed E-state index contributed by atoms with van der Waals surface area (Å²) in [7, 11) is -2.63. The fourth-order valence-corrected chi connectivity index (χ4v) is 4.78. The van der Waals surface area contributed by atoms with Crippen LogP contribution in [0.5, 0.6) is 5.75 Å². The number of ether oxygens (including phenoxy) is 1. The summed E-state index contributed by atoms with van der Waals surface area (Å²) in [5, 5.41) is 13.2. The molecule has 6 nitrogen and oxygen atoms in total. The fourth-order valence-electron chi connectivity index (χ4n) is 2.46. The molecule has 3 rings (SSSR count). The molecule has 0 amide bonds. The number of methoxy groups -OCH3 is 1. The minimum atomic E-state index is -4.00. The second kappa shape index (κ2) is 7.42. The number of nitrogens with one attached hydrogen (secondary N) is 1. The molecule has 138 valence electrons. The van der Waals surface area contributed by atoms with Crippen molar-refractivity contribution in [1.29, 1.82) is 0 Å². The highest BCUT2D eigenvalue weighted by Gasteiger charge is 2.37. The van der Waals surface area contributed by atoms with E-state index in [1.54, 1.807) is 29.6 Å².